The van der Waals surface area contributed by atoms with E-state index in [4.69, 9.17) is 0 Å². The van der Waals surface area contributed by atoms with Crippen molar-refractivity contribution in [3.63, 3.8) is 0 Å². The van der Waals surface area contributed by atoms with Gasteiger partial charge in [-0.2, -0.15) is 0 Å². The van der Waals surface area contributed by atoms with Gasteiger partial charge in [-0.25, -0.2) is 0 Å². The van der Waals surface area contributed by atoms with Crippen LogP contribution in [0.1, 0.15) is 35.7 Å². The van der Waals surface area contributed by atoms with Crippen molar-refractivity contribution < 1.29 is 9.90 Å². The number of phenolic OH excluding ortho intramolecular Hbond substituents is 1. The second-order valence-corrected chi connectivity index (χ2v) is 6.07. The number of Topliss-reactive ketones (excluding diaryl/α,β-unsaturated/α-hetero) is 1. The molecule has 0 aromatic heterocycles. The zero-order valence-corrected chi connectivity index (χ0v) is 11.7. The van der Waals surface area contributed by atoms with Crippen molar-refractivity contribution in [2.24, 2.45) is 11.3 Å². The number of ketones is 1. The molecule has 2 aromatic carbocycles. The summed E-state index contributed by atoms with van der Waals surface area (Å²) in [7, 11) is 0. The highest BCUT2D eigenvalue weighted by molar-refractivity contribution is 6.01. The number of carbonyl (C=O) groups excluding carboxylic acids is 1. The van der Waals surface area contributed by atoms with Crippen molar-refractivity contribution in [1.29, 1.82) is 0 Å². The normalized spacial score (nSPS) is 23.3. The number of phenols is 1. The van der Waals surface area contributed by atoms with E-state index in [1.165, 1.54) is 0 Å². The molecule has 3 rings (SSSR count). The highest BCUT2D eigenvalue weighted by Gasteiger charge is 2.62. The molecule has 1 fully saturated rings. The van der Waals surface area contributed by atoms with Crippen LogP contribution in [-0.4, -0.2) is 10.9 Å². The summed E-state index contributed by atoms with van der Waals surface area (Å²) in [5, 5.41) is 10.0. The summed E-state index contributed by atoms with van der Waals surface area (Å²) >= 11 is 0. The first-order valence-electron chi connectivity index (χ1n) is 6.90. The molecule has 0 bridgehead atoms. The second kappa shape index (κ2) is 4.48. The topological polar surface area (TPSA) is 37.3 Å². The maximum Gasteiger partial charge on any atom is 0.167 e. The lowest BCUT2D eigenvalue weighted by Crippen LogP contribution is -2.06. The van der Waals surface area contributed by atoms with Gasteiger partial charge in [0.15, 0.2) is 5.78 Å². The van der Waals surface area contributed by atoms with Gasteiger partial charge in [-0.15, -0.1) is 0 Å². The van der Waals surface area contributed by atoms with E-state index in [1.54, 1.807) is 6.07 Å². The zero-order chi connectivity index (χ0) is 14.3. The Balaban J connectivity index is 1.93. The SMILES string of the molecule is CC1(C)[C@@H](C(=O)c2ccccc2)[C@@H]1c1ccccc1O. The summed E-state index contributed by atoms with van der Waals surface area (Å²) in [5.41, 5.74) is 1.53. The van der Waals surface area contributed by atoms with Gasteiger partial charge in [0.05, 0.1) is 0 Å². The zero-order valence-electron chi connectivity index (χ0n) is 11.7. The third-order valence-electron chi connectivity index (χ3n) is 4.44. The fourth-order valence-electron chi connectivity index (χ4n) is 3.24. The third-order valence-corrected chi connectivity index (χ3v) is 4.44. The van der Waals surface area contributed by atoms with Gasteiger partial charge in [0.2, 0.25) is 0 Å². The Bertz CT molecular complexity index is 643. The molecule has 20 heavy (non-hydrogen) atoms. The Hall–Kier alpha value is -2.09. The van der Waals surface area contributed by atoms with Crippen LogP contribution >= 0.6 is 0 Å². The molecular formula is C18H18O2. The smallest absolute Gasteiger partial charge is 0.167 e. The van der Waals surface area contributed by atoms with Crippen molar-refractivity contribution >= 4 is 5.78 Å². The Morgan fingerprint density at radius 3 is 2.25 bits per heavy atom. The van der Waals surface area contributed by atoms with Crippen molar-refractivity contribution in [2.45, 2.75) is 19.8 Å². The maximum atomic E-state index is 12.6. The van der Waals surface area contributed by atoms with E-state index in [1.807, 2.05) is 48.5 Å². The summed E-state index contributed by atoms with van der Waals surface area (Å²) in [6, 6.07) is 16.7. The van der Waals surface area contributed by atoms with Gasteiger partial charge in [-0.1, -0.05) is 62.4 Å². The van der Waals surface area contributed by atoms with Crippen molar-refractivity contribution in [1.82, 2.24) is 0 Å². The van der Waals surface area contributed by atoms with Gasteiger partial charge < -0.3 is 5.11 Å². The molecule has 1 N–H and O–H groups in total. The molecule has 0 spiro atoms. The quantitative estimate of drug-likeness (QED) is 0.852. The number of aromatic hydroxyl groups is 1. The molecule has 0 aliphatic heterocycles. The fourth-order valence-corrected chi connectivity index (χ4v) is 3.24. The molecule has 1 aliphatic carbocycles. The van der Waals surface area contributed by atoms with E-state index in [9.17, 15) is 9.90 Å². The van der Waals surface area contributed by atoms with Gasteiger partial charge in [-0.3, -0.25) is 4.79 Å². The average Bonchev–Trinajstić information content (AvgIpc) is 3.02. The van der Waals surface area contributed by atoms with Crippen LogP contribution in [0.15, 0.2) is 54.6 Å². The van der Waals surface area contributed by atoms with Gasteiger partial charge in [0, 0.05) is 17.4 Å². The van der Waals surface area contributed by atoms with E-state index < -0.39 is 0 Å². The molecule has 2 atom stereocenters. The van der Waals surface area contributed by atoms with E-state index in [0.717, 1.165) is 11.1 Å². The number of benzene rings is 2. The van der Waals surface area contributed by atoms with Crippen LogP contribution in [0, 0.1) is 11.3 Å². The largest absolute Gasteiger partial charge is 0.508 e. The maximum absolute atomic E-state index is 12.6. The van der Waals surface area contributed by atoms with Crippen molar-refractivity contribution in [3.8, 4) is 5.75 Å². The Morgan fingerprint density at radius 1 is 1.00 bits per heavy atom. The van der Waals surface area contributed by atoms with Crippen LogP contribution < -0.4 is 0 Å². The molecule has 102 valence electrons. The number of para-hydroxylation sites is 1. The highest BCUT2D eigenvalue weighted by Crippen LogP contribution is 2.66. The molecule has 0 saturated heterocycles. The molecule has 1 saturated carbocycles. The summed E-state index contributed by atoms with van der Waals surface area (Å²) in [5.74, 6) is 0.493. The molecule has 1 aliphatic rings. The first-order valence-corrected chi connectivity index (χ1v) is 6.90. The monoisotopic (exact) mass is 266 g/mol. The molecule has 0 radical (unpaired) electrons. The van der Waals surface area contributed by atoms with E-state index >= 15 is 0 Å². The van der Waals surface area contributed by atoms with Crippen LogP contribution in [-0.2, 0) is 0 Å². The second-order valence-electron chi connectivity index (χ2n) is 6.07. The molecule has 0 amide bonds. The molecule has 2 aromatic rings. The van der Waals surface area contributed by atoms with Crippen LogP contribution in [0.5, 0.6) is 5.75 Å². The summed E-state index contributed by atoms with van der Waals surface area (Å²) in [4.78, 5) is 12.6. The van der Waals surface area contributed by atoms with Crippen LogP contribution in [0.2, 0.25) is 0 Å². The third kappa shape index (κ3) is 1.92. The molecule has 2 nitrogen and oxygen atoms in total. The molecule has 0 unspecified atom stereocenters. The average molecular weight is 266 g/mol. The van der Waals surface area contributed by atoms with Gasteiger partial charge in [0.1, 0.15) is 5.75 Å². The van der Waals surface area contributed by atoms with Crippen LogP contribution in [0.4, 0.5) is 0 Å². The van der Waals surface area contributed by atoms with E-state index in [-0.39, 0.29) is 28.8 Å². The summed E-state index contributed by atoms with van der Waals surface area (Å²) in [6.07, 6.45) is 0. The number of hydrogen-bond acceptors (Lipinski definition) is 2. The Kier molecular flexibility index (Phi) is 2.89. The van der Waals surface area contributed by atoms with Crippen molar-refractivity contribution in [2.75, 3.05) is 0 Å². The van der Waals surface area contributed by atoms with Gasteiger partial charge >= 0.3 is 0 Å². The number of rotatable bonds is 3. The summed E-state index contributed by atoms with van der Waals surface area (Å²) < 4.78 is 0. The van der Waals surface area contributed by atoms with Gasteiger partial charge in [-0.05, 0) is 17.0 Å². The lowest BCUT2D eigenvalue weighted by atomic mass is 10.0. The first-order chi connectivity index (χ1) is 9.53. The summed E-state index contributed by atoms with van der Waals surface area (Å²) in [6.45, 7) is 4.19. The standard InChI is InChI=1S/C18H18O2/c1-18(2)15(13-10-6-7-11-14(13)19)16(18)17(20)12-8-4-3-5-9-12/h3-11,15-16,19H,1-2H3/t15-,16+/m0/s1. The predicted molar refractivity (Wildman–Crippen MR) is 78.9 cm³/mol. The Labute approximate surface area is 119 Å². The highest BCUT2D eigenvalue weighted by atomic mass is 16.3. The Morgan fingerprint density at radius 2 is 1.60 bits per heavy atom. The number of carbonyl (C=O) groups is 1. The predicted octanol–water partition coefficient (Wildman–Crippen LogP) is 4.01. The minimum Gasteiger partial charge on any atom is -0.508 e. The van der Waals surface area contributed by atoms with E-state index in [2.05, 4.69) is 13.8 Å². The molecular weight excluding hydrogens is 248 g/mol. The van der Waals surface area contributed by atoms with Gasteiger partial charge in [0.25, 0.3) is 0 Å². The minimum absolute atomic E-state index is 0.0572. The van der Waals surface area contributed by atoms with Crippen LogP contribution in [0.25, 0.3) is 0 Å². The minimum atomic E-state index is -0.105. The molecule has 2 heteroatoms. The van der Waals surface area contributed by atoms with Crippen molar-refractivity contribution in [3.05, 3.63) is 65.7 Å². The number of hydrogen-bond donors (Lipinski definition) is 1. The first kappa shape index (κ1) is 12.9. The fraction of sp³-hybridized carbons (Fsp3) is 0.278. The molecule has 0 heterocycles. The lowest BCUT2D eigenvalue weighted by molar-refractivity contribution is 0.0952. The lowest BCUT2D eigenvalue weighted by Gasteiger charge is -2.04. The van der Waals surface area contributed by atoms with Crippen LogP contribution in [0.3, 0.4) is 0 Å². The van der Waals surface area contributed by atoms with E-state index in [0.29, 0.717) is 0 Å².